The van der Waals surface area contributed by atoms with Gasteiger partial charge in [-0.2, -0.15) is 5.26 Å². The van der Waals surface area contributed by atoms with E-state index in [9.17, 15) is 9.59 Å². The fourth-order valence-electron chi connectivity index (χ4n) is 2.08. The van der Waals surface area contributed by atoms with Crippen molar-refractivity contribution in [2.75, 3.05) is 5.32 Å². The second-order valence-electron chi connectivity index (χ2n) is 4.26. The van der Waals surface area contributed by atoms with Crippen LogP contribution in [0.5, 0.6) is 0 Å². The Bertz CT molecular complexity index is 571. The van der Waals surface area contributed by atoms with Crippen LogP contribution < -0.4 is 5.32 Å². The summed E-state index contributed by atoms with van der Waals surface area (Å²) < 4.78 is 0. The fourth-order valence-corrected chi connectivity index (χ4v) is 2.82. The number of nitrogens with one attached hydrogen (secondary N) is 1. The van der Waals surface area contributed by atoms with E-state index in [1.165, 1.54) is 11.3 Å². The molecule has 1 amide bonds. The van der Waals surface area contributed by atoms with Crippen molar-refractivity contribution in [1.82, 2.24) is 0 Å². The number of thiophene rings is 1. The molecule has 1 aromatic rings. The summed E-state index contributed by atoms with van der Waals surface area (Å²) in [5, 5.41) is 22.8. The Morgan fingerprint density at radius 1 is 1.37 bits per heavy atom. The standard InChI is InChI=1S/C13H12N2O3S/c14-7-8-5-6-19-12(8)15-11(16)9-3-1-2-4-10(9)13(17)18/h1-2,5-6,9-10H,3-4H2,(H,15,16)(H,17,18). The quantitative estimate of drug-likeness (QED) is 0.828. The molecule has 6 heteroatoms. The first kappa shape index (κ1) is 13.3. The Labute approximate surface area is 114 Å². The number of nitrogens with zero attached hydrogens (tertiary/aromatic N) is 1. The number of hydrogen-bond acceptors (Lipinski definition) is 4. The maximum Gasteiger partial charge on any atom is 0.307 e. The molecule has 19 heavy (non-hydrogen) atoms. The monoisotopic (exact) mass is 276 g/mol. The van der Waals surface area contributed by atoms with Crippen molar-refractivity contribution in [2.45, 2.75) is 12.8 Å². The molecule has 1 aliphatic rings. The van der Waals surface area contributed by atoms with Crippen LogP contribution in [0, 0.1) is 23.2 Å². The Morgan fingerprint density at radius 3 is 2.68 bits per heavy atom. The van der Waals surface area contributed by atoms with Crippen molar-refractivity contribution < 1.29 is 14.7 Å². The summed E-state index contributed by atoms with van der Waals surface area (Å²) in [6.45, 7) is 0. The van der Waals surface area contributed by atoms with E-state index < -0.39 is 17.8 Å². The van der Waals surface area contributed by atoms with Crippen LogP contribution in [0.3, 0.4) is 0 Å². The van der Waals surface area contributed by atoms with Gasteiger partial charge in [0.25, 0.3) is 0 Å². The number of nitriles is 1. The highest BCUT2D eigenvalue weighted by molar-refractivity contribution is 7.14. The number of carboxylic acid groups (broad SMARTS) is 1. The molecule has 0 bridgehead atoms. The van der Waals surface area contributed by atoms with E-state index in [1.54, 1.807) is 17.5 Å². The van der Waals surface area contributed by atoms with Gasteiger partial charge in [-0.25, -0.2) is 0 Å². The summed E-state index contributed by atoms with van der Waals surface area (Å²) in [7, 11) is 0. The van der Waals surface area contributed by atoms with Gasteiger partial charge in [-0.3, -0.25) is 9.59 Å². The lowest BCUT2D eigenvalue weighted by Crippen LogP contribution is -2.34. The Kier molecular flexibility index (Phi) is 3.97. The van der Waals surface area contributed by atoms with Gasteiger partial charge in [0.05, 0.1) is 17.4 Å². The van der Waals surface area contributed by atoms with Crippen LogP contribution in [0.15, 0.2) is 23.6 Å². The van der Waals surface area contributed by atoms with E-state index in [0.29, 0.717) is 23.4 Å². The average molecular weight is 276 g/mol. The van der Waals surface area contributed by atoms with E-state index in [2.05, 4.69) is 5.32 Å². The third-order valence-corrected chi connectivity index (χ3v) is 3.94. The highest BCUT2D eigenvalue weighted by atomic mass is 32.1. The summed E-state index contributed by atoms with van der Waals surface area (Å²) >= 11 is 1.26. The third-order valence-electron chi connectivity index (χ3n) is 3.11. The van der Waals surface area contributed by atoms with E-state index in [1.807, 2.05) is 12.1 Å². The molecule has 5 nitrogen and oxygen atoms in total. The highest BCUT2D eigenvalue weighted by Gasteiger charge is 2.34. The van der Waals surface area contributed by atoms with Crippen molar-refractivity contribution in [3.05, 3.63) is 29.2 Å². The molecule has 1 heterocycles. The van der Waals surface area contributed by atoms with Gasteiger partial charge < -0.3 is 10.4 Å². The zero-order valence-electron chi connectivity index (χ0n) is 10.00. The van der Waals surface area contributed by atoms with Crippen molar-refractivity contribution in [3.8, 4) is 6.07 Å². The predicted octanol–water partition coefficient (Wildman–Crippen LogP) is 2.23. The minimum atomic E-state index is -0.962. The van der Waals surface area contributed by atoms with Crippen LogP contribution in [0.25, 0.3) is 0 Å². The Balaban J connectivity index is 2.13. The first-order chi connectivity index (χ1) is 9.13. The molecule has 1 aromatic heterocycles. The number of allylic oxidation sites excluding steroid dienone is 2. The summed E-state index contributed by atoms with van der Waals surface area (Å²) in [6.07, 6.45) is 4.39. The minimum absolute atomic E-state index is 0.337. The maximum atomic E-state index is 12.1. The molecular formula is C13H12N2O3S. The molecule has 0 saturated heterocycles. The maximum absolute atomic E-state index is 12.1. The van der Waals surface area contributed by atoms with Crippen molar-refractivity contribution in [1.29, 1.82) is 5.26 Å². The second-order valence-corrected chi connectivity index (χ2v) is 5.17. The number of carbonyl (C=O) groups is 2. The number of carboxylic acids is 1. The smallest absolute Gasteiger partial charge is 0.307 e. The number of aliphatic carboxylic acids is 1. The molecule has 2 unspecified atom stereocenters. The SMILES string of the molecule is N#Cc1ccsc1NC(=O)C1CC=CCC1C(=O)O. The second kappa shape index (κ2) is 5.67. The Hall–Kier alpha value is -2.13. The number of hydrogen-bond donors (Lipinski definition) is 2. The summed E-state index contributed by atoms with van der Waals surface area (Å²) in [5.41, 5.74) is 0.400. The number of rotatable bonds is 3. The van der Waals surface area contributed by atoms with Crippen LogP contribution in [0.4, 0.5) is 5.00 Å². The van der Waals surface area contributed by atoms with Crippen LogP contribution in [0.2, 0.25) is 0 Å². The molecule has 0 radical (unpaired) electrons. The van der Waals surface area contributed by atoms with Crippen molar-refractivity contribution in [2.24, 2.45) is 11.8 Å². The normalized spacial score (nSPS) is 21.6. The average Bonchev–Trinajstić information content (AvgIpc) is 2.85. The highest BCUT2D eigenvalue weighted by Crippen LogP contribution is 2.29. The molecule has 2 N–H and O–H groups in total. The van der Waals surface area contributed by atoms with Gasteiger partial charge in [0.2, 0.25) is 5.91 Å². The van der Waals surface area contributed by atoms with Gasteiger partial charge in [-0.1, -0.05) is 12.2 Å². The zero-order chi connectivity index (χ0) is 13.8. The van der Waals surface area contributed by atoms with Gasteiger partial charge in [-0.05, 0) is 24.3 Å². The number of amides is 1. The van der Waals surface area contributed by atoms with Gasteiger partial charge in [0.15, 0.2) is 0 Å². The molecule has 0 saturated carbocycles. The number of carbonyl (C=O) groups excluding carboxylic acids is 1. The molecule has 0 aromatic carbocycles. The summed E-state index contributed by atoms with van der Waals surface area (Å²) in [5.74, 6) is -2.58. The van der Waals surface area contributed by atoms with E-state index in [0.717, 1.165) is 0 Å². The van der Waals surface area contributed by atoms with Crippen LogP contribution in [-0.2, 0) is 9.59 Å². The summed E-state index contributed by atoms with van der Waals surface area (Å²) in [6, 6.07) is 3.60. The van der Waals surface area contributed by atoms with Gasteiger partial charge in [0, 0.05) is 0 Å². The van der Waals surface area contributed by atoms with Crippen molar-refractivity contribution in [3.63, 3.8) is 0 Å². The van der Waals surface area contributed by atoms with E-state index in [-0.39, 0.29) is 5.91 Å². The minimum Gasteiger partial charge on any atom is -0.481 e. The summed E-state index contributed by atoms with van der Waals surface area (Å²) in [4.78, 5) is 23.3. The topological polar surface area (TPSA) is 90.2 Å². The molecule has 0 spiro atoms. The molecule has 1 aliphatic carbocycles. The van der Waals surface area contributed by atoms with Crippen LogP contribution in [0.1, 0.15) is 18.4 Å². The van der Waals surface area contributed by atoms with E-state index in [4.69, 9.17) is 10.4 Å². The van der Waals surface area contributed by atoms with E-state index >= 15 is 0 Å². The fraction of sp³-hybridized carbons (Fsp3) is 0.308. The number of anilines is 1. The molecule has 2 rings (SSSR count). The molecule has 98 valence electrons. The van der Waals surface area contributed by atoms with Crippen molar-refractivity contribution >= 4 is 28.2 Å². The lowest BCUT2D eigenvalue weighted by molar-refractivity contribution is -0.146. The predicted molar refractivity (Wildman–Crippen MR) is 70.7 cm³/mol. The molecule has 0 aliphatic heterocycles. The largest absolute Gasteiger partial charge is 0.481 e. The van der Waals surface area contributed by atoms with Crippen LogP contribution in [-0.4, -0.2) is 17.0 Å². The van der Waals surface area contributed by atoms with Gasteiger partial charge in [0.1, 0.15) is 11.1 Å². The first-order valence-electron chi connectivity index (χ1n) is 5.79. The first-order valence-corrected chi connectivity index (χ1v) is 6.67. The van der Waals surface area contributed by atoms with Gasteiger partial charge in [-0.15, -0.1) is 11.3 Å². The molecular weight excluding hydrogens is 264 g/mol. The zero-order valence-corrected chi connectivity index (χ0v) is 10.8. The van der Waals surface area contributed by atoms with Gasteiger partial charge >= 0.3 is 5.97 Å². The third kappa shape index (κ3) is 2.83. The molecule has 2 atom stereocenters. The molecule has 0 fully saturated rings. The van der Waals surface area contributed by atoms with Crippen LogP contribution >= 0.6 is 11.3 Å². The Morgan fingerprint density at radius 2 is 2.05 bits per heavy atom. The lowest BCUT2D eigenvalue weighted by atomic mass is 9.82. The lowest BCUT2D eigenvalue weighted by Gasteiger charge is -2.23.